The lowest BCUT2D eigenvalue weighted by atomic mass is 9.87. The van der Waals surface area contributed by atoms with E-state index in [4.69, 9.17) is 9.47 Å². The van der Waals surface area contributed by atoms with Crippen LogP contribution in [0.2, 0.25) is 0 Å². The topological polar surface area (TPSA) is 38.8 Å². The smallest absolute Gasteiger partial charge is 0.228 e. The summed E-state index contributed by atoms with van der Waals surface area (Å²) in [5.74, 6) is -0.125. The molecular formula is C13H23NO3. The summed E-state index contributed by atoms with van der Waals surface area (Å²) < 4.78 is 11.3. The summed E-state index contributed by atoms with van der Waals surface area (Å²) in [5, 5.41) is 0. The monoisotopic (exact) mass is 241 g/mol. The number of carbonyl (C=O) groups is 1. The van der Waals surface area contributed by atoms with Crippen molar-refractivity contribution in [1.82, 2.24) is 4.90 Å². The van der Waals surface area contributed by atoms with Crippen LogP contribution in [-0.2, 0) is 14.3 Å². The molecule has 4 nitrogen and oxygen atoms in total. The van der Waals surface area contributed by atoms with Crippen LogP contribution in [0.25, 0.3) is 0 Å². The molecule has 0 aromatic carbocycles. The third-order valence-corrected chi connectivity index (χ3v) is 4.09. The van der Waals surface area contributed by atoms with Crippen LogP contribution in [0.1, 0.15) is 40.0 Å². The van der Waals surface area contributed by atoms with E-state index in [1.165, 1.54) is 0 Å². The molecule has 0 unspecified atom stereocenters. The molecule has 2 heterocycles. The Morgan fingerprint density at radius 2 is 1.76 bits per heavy atom. The first-order valence-corrected chi connectivity index (χ1v) is 6.56. The summed E-state index contributed by atoms with van der Waals surface area (Å²) in [6, 6.07) is 0. The zero-order valence-corrected chi connectivity index (χ0v) is 11.1. The highest BCUT2D eigenvalue weighted by Crippen LogP contribution is 2.33. The zero-order valence-electron chi connectivity index (χ0n) is 11.1. The maximum atomic E-state index is 12.3. The third-order valence-electron chi connectivity index (χ3n) is 4.09. The van der Waals surface area contributed by atoms with E-state index in [1.54, 1.807) is 0 Å². The van der Waals surface area contributed by atoms with E-state index in [0.29, 0.717) is 13.2 Å². The SMILES string of the molecule is CCC(C)(C)C(=O)N1CCC2(CC1)OCCO2. The summed E-state index contributed by atoms with van der Waals surface area (Å²) >= 11 is 0. The molecule has 2 aliphatic heterocycles. The van der Waals surface area contributed by atoms with Gasteiger partial charge >= 0.3 is 0 Å². The molecule has 4 heteroatoms. The van der Waals surface area contributed by atoms with Crippen LogP contribution in [0.15, 0.2) is 0 Å². The molecule has 98 valence electrons. The Morgan fingerprint density at radius 1 is 1.24 bits per heavy atom. The largest absolute Gasteiger partial charge is 0.347 e. The van der Waals surface area contributed by atoms with Crippen molar-refractivity contribution in [3.63, 3.8) is 0 Å². The standard InChI is InChI=1S/C13H23NO3/c1-4-12(2,3)11(15)14-7-5-13(6-8-14)16-9-10-17-13/h4-10H2,1-3H3. The van der Waals surface area contributed by atoms with Gasteiger partial charge in [0.05, 0.1) is 13.2 Å². The molecule has 1 amide bonds. The molecule has 0 radical (unpaired) electrons. The fraction of sp³-hybridized carbons (Fsp3) is 0.923. The minimum atomic E-state index is -0.382. The van der Waals surface area contributed by atoms with E-state index >= 15 is 0 Å². The van der Waals surface area contributed by atoms with Crippen LogP contribution in [0.5, 0.6) is 0 Å². The van der Waals surface area contributed by atoms with Gasteiger partial charge in [0.2, 0.25) is 5.91 Å². The van der Waals surface area contributed by atoms with Gasteiger partial charge in [0.25, 0.3) is 0 Å². The van der Waals surface area contributed by atoms with Crippen LogP contribution < -0.4 is 0 Å². The lowest BCUT2D eigenvalue weighted by molar-refractivity contribution is -0.189. The second-order valence-electron chi connectivity index (χ2n) is 5.64. The highest BCUT2D eigenvalue weighted by molar-refractivity contribution is 5.82. The quantitative estimate of drug-likeness (QED) is 0.740. The van der Waals surface area contributed by atoms with Gasteiger partial charge in [-0.2, -0.15) is 0 Å². The van der Waals surface area contributed by atoms with Gasteiger partial charge in [0.15, 0.2) is 5.79 Å². The van der Waals surface area contributed by atoms with Crippen LogP contribution in [0.4, 0.5) is 0 Å². The first kappa shape index (κ1) is 12.8. The molecule has 2 aliphatic rings. The second kappa shape index (κ2) is 4.58. The lowest BCUT2D eigenvalue weighted by Crippen LogP contribution is -2.50. The van der Waals surface area contributed by atoms with Crippen LogP contribution >= 0.6 is 0 Å². The van der Waals surface area contributed by atoms with E-state index in [1.807, 2.05) is 18.7 Å². The van der Waals surface area contributed by atoms with Crippen molar-refractivity contribution in [2.75, 3.05) is 26.3 Å². The molecule has 0 N–H and O–H groups in total. The van der Waals surface area contributed by atoms with Gasteiger partial charge < -0.3 is 14.4 Å². The first-order valence-electron chi connectivity index (χ1n) is 6.56. The van der Waals surface area contributed by atoms with E-state index < -0.39 is 0 Å². The highest BCUT2D eigenvalue weighted by Gasteiger charge is 2.42. The number of hydrogen-bond acceptors (Lipinski definition) is 3. The maximum Gasteiger partial charge on any atom is 0.228 e. The number of hydrogen-bond donors (Lipinski definition) is 0. The summed E-state index contributed by atoms with van der Waals surface area (Å²) in [6.07, 6.45) is 2.48. The average Bonchev–Trinajstić information content (AvgIpc) is 2.78. The Kier molecular flexibility index (Phi) is 3.46. The van der Waals surface area contributed by atoms with Crippen molar-refractivity contribution in [1.29, 1.82) is 0 Å². The summed E-state index contributed by atoms with van der Waals surface area (Å²) in [5.41, 5.74) is -0.248. The number of carbonyl (C=O) groups excluding carboxylic acids is 1. The molecule has 1 spiro atoms. The van der Waals surface area contributed by atoms with Crippen molar-refractivity contribution in [3.05, 3.63) is 0 Å². The normalized spacial score (nSPS) is 24.3. The zero-order chi connectivity index (χ0) is 12.5. The Morgan fingerprint density at radius 3 is 2.24 bits per heavy atom. The van der Waals surface area contributed by atoms with Gasteiger partial charge in [-0.15, -0.1) is 0 Å². The first-order chi connectivity index (χ1) is 7.99. The molecule has 2 saturated heterocycles. The predicted molar refractivity (Wildman–Crippen MR) is 64.5 cm³/mol. The molecule has 0 aromatic rings. The van der Waals surface area contributed by atoms with Gasteiger partial charge in [-0.25, -0.2) is 0 Å². The second-order valence-corrected chi connectivity index (χ2v) is 5.64. The molecular weight excluding hydrogens is 218 g/mol. The molecule has 17 heavy (non-hydrogen) atoms. The van der Waals surface area contributed by atoms with Gasteiger partial charge in [-0.05, 0) is 6.42 Å². The number of nitrogens with zero attached hydrogens (tertiary/aromatic N) is 1. The lowest BCUT2D eigenvalue weighted by Gasteiger charge is -2.40. The fourth-order valence-electron chi connectivity index (χ4n) is 2.42. The van der Waals surface area contributed by atoms with Crippen molar-refractivity contribution >= 4 is 5.91 Å². The van der Waals surface area contributed by atoms with E-state index in [0.717, 1.165) is 32.4 Å². The minimum absolute atomic E-state index is 0.248. The Labute approximate surface area is 103 Å². The minimum Gasteiger partial charge on any atom is -0.347 e. The number of amides is 1. The number of likely N-dealkylation sites (tertiary alicyclic amines) is 1. The van der Waals surface area contributed by atoms with Crippen molar-refractivity contribution < 1.29 is 14.3 Å². The van der Waals surface area contributed by atoms with Crippen molar-refractivity contribution in [2.24, 2.45) is 5.41 Å². The van der Waals surface area contributed by atoms with Gasteiger partial charge in [0.1, 0.15) is 0 Å². The fourth-order valence-corrected chi connectivity index (χ4v) is 2.42. The Bertz CT molecular complexity index is 285. The van der Waals surface area contributed by atoms with Gasteiger partial charge in [-0.3, -0.25) is 4.79 Å². The van der Waals surface area contributed by atoms with Gasteiger partial charge in [-0.1, -0.05) is 20.8 Å². The number of ether oxygens (including phenoxy) is 2. The van der Waals surface area contributed by atoms with E-state index in [-0.39, 0.29) is 17.1 Å². The maximum absolute atomic E-state index is 12.3. The molecule has 2 rings (SSSR count). The van der Waals surface area contributed by atoms with Crippen LogP contribution in [0.3, 0.4) is 0 Å². The van der Waals surface area contributed by atoms with Crippen LogP contribution in [0, 0.1) is 5.41 Å². The van der Waals surface area contributed by atoms with E-state index in [2.05, 4.69) is 6.92 Å². The predicted octanol–water partition coefficient (Wildman–Crippen LogP) is 1.79. The molecule has 0 aromatic heterocycles. The van der Waals surface area contributed by atoms with Crippen molar-refractivity contribution in [3.8, 4) is 0 Å². The summed E-state index contributed by atoms with van der Waals surface area (Å²) in [7, 11) is 0. The van der Waals surface area contributed by atoms with Crippen molar-refractivity contribution in [2.45, 2.75) is 45.8 Å². The molecule has 0 aliphatic carbocycles. The molecule has 2 fully saturated rings. The summed E-state index contributed by atoms with van der Waals surface area (Å²) in [4.78, 5) is 14.3. The third kappa shape index (κ3) is 2.47. The average molecular weight is 241 g/mol. The highest BCUT2D eigenvalue weighted by atomic mass is 16.7. The van der Waals surface area contributed by atoms with E-state index in [9.17, 15) is 4.79 Å². The molecule has 0 saturated carbocycles. The van der Waals surface area contributed by atoms with Crippen LogP contribution in [-0.4, -0.2) is 42.9 Å². The number of rotatable bonds is 2. The Balaban J connectivity index is 1.93. The Hall–Kier alpha value is -0.610. The van der Waals surface area contributed by atoms with Gasteiger partial charge in [0, 0.05) is 31.3 Å². The molecule has 0 bridgehead atoms. The number of piperidine rings is 1. The summed E-state index contributed by atoms with van der Waals surface area (Å²) in [6.45, 7) is 8.98. The molecule has 0 atom stereocenters.